The van der Waals surface area contributed by atoms with E-state index in [4.69, 9.17) is 0 Å². The highest BCUT2D eigenvalue weighted by Crippen LogP contribution is 2.29. The first-order chi connectivity index (χ1) is 11.0. The van der Waals surface area contributed by atoms with E-state index >= 15 is 0 Å². The van der Waals surface area contributed by atoms with Gasteiger partial charge in [-0.1, -0.05) is 27.7 Å². The van der Waals surface area contributed by atoms with E-state index in [1.165, 1.54) is 0 Å². The smallest absolute Gasteiger partial charge is 0.256 e. The topological polar surface area (TPSA) is 139 Å². The van der Waals surface area contributed by atoms with Crippen LogP contribution in [0.3, 0.4) is 0 Å². The first-order valence-corrected chi connectivity index (χ1v) is 8.26. The molecule has 0 bridgehead atoms. The van der Waals surface area contributed by atoms with Crippen LogP contribution in [0.25, 0.3) is 0 Å². The second-order valence-corrected chi connectivity index (χ2v) is 7.25. The molecule has 0 aromatic heterocycles. The number of nitro groups is 2. The second kappa shape index (κ2) is 9.24. The van der Waals surface area contributed by atoms with Crippen LogP contribution in [0.5, 0.6) is 0 Å². The fraction of sp³-hybridized carbons (Fsp3) is 1.00. The van der Waals surface area contributed by atoms with E-state index in [0.717, 1.165) is 0 Å². The summed E-state index contributed by atoms with van der Waals surface area (Å²) in [4.78, 5) is 21.5. The molecule has 0 heterocycles. The molecule has 0 aromatic carbocycles. The third kappa shape index (κ3) is 5.64. The van der Waals surface area contributed by atoms with Crippen molar-refractivity contribution in [2.75, 3.05) is 26.3 Å². The fourth-order valence-corrected chi connectivity index (χ4v) is 2.48. The summed E-state index contributed by atoms with van der Waals surface area (Å²) < 4.78 is 0. The quantitative estimate of drug-likeness (QED) is 0.335. The Labute approximate surface area is 142 Å². The molecule has 0 radical (unpaired) electrons. The zero-order valence-electron chi connectivity index (χ0n) is 15.1. The molecule has 9 nitrogen and oxygen atoms in total. The lowest BCUT2D eigenvalue weighted by molar-refractivity contribution is -0.576. The number of aliphatic hydroxyl groups is 2. The van der Waals surface area contributed by atoms with Gasteiger partial charge in [-0.05, 0) is 11.8 Å². The molecule has 9 heteroatoms. The molecule has 0 spiro atoms. The van der Waals surface area contributed by atoms with Crippen LogP contribution in [0, 0.1) is 25.6 Å². The molecule has 0 saturated carbocycles. The van der Waals surface area contributed by atoms with Gasteiger partial charge in [0.25, 0.3) is 5.54 Å². The van der Waals surface area contributed by atoms with Crippen LogP contribution in [0.2, 0.25) is 0 Å². The van der Waals surface area contributed by atoms with Crippen LogP contribution < -0.4 is 5.32 Å². The van der Waals surface area contributed by atoms with Gasteiger partial charge in [-0.2, -0.15) is 0 Å². The van der Waals surface area contributed by atoms with Crippen molar-refractivity contribution in [2.24, 2.45) is 5.41 Å². The average Bonchev–Trinajstić information content (AvgIpc) is 2.52. The maximum atomic E-state index is 11.2. The summed E-state index contributed by atoms with van der Waals surface area (Å²) in [6, 6.07) is 0. The van der Waals surface area contributed by atoms with Crippen molar-refractivity contribution in [1.82, 2.24) is 5.32 Å². The van der Waals surface area contributed by atoms with Crippen LogP contribution in [0.15, 0.2) is 0 Å². The zero-order chi connectivity index (χ0) is 19.0. The van der Waals surface area contributed by atoms with Gasteiger partial charge in [0.15, 0.2) is 0 Å². The number of rotatable bonds is 13. The van der Waals surface area contributed by atoms with Crippen LogP contribution in [0.4, 0.5) is 0 Å². The number of aliphatic hydroxyl groups excluding tert-OH is 2. The molecular formula is C15H31N3O6. The maximum absolute atomic E-state index is 11.2. The van der Waals surface area contributed by atoms with Crippen LogP contribution >= 0.6 is 0 Å². The summed E-state index contributed by atoms with van der Waals surface area (Å²) in [5, 5.41) is 44.1. The van der Waals surface area contributed by atoms with Crippen LogP contribution in [-0.4, -0.2) is 57.4 Å². The fourth-order valence-electron chi connectivity index (χ4n) is 2.48. The highest BCUT2D eigenvalue weighted by atomic mass is 16.6. The van der Waals surface area contributed by atoms with Gasteiger partial charge in [0.05, 0.1) is 6.54 Å². The Kier molecular flexibility index (Phi) is 8.73. The van der Waals surface area contributed by atoms with Crippen LogP contribution in [0.1, 0.15) is 53.4 Å². The average molecular weight is 349 g/mol. The Balaban J connectivity index is 4.71. The van der Waals surface area contributed by atoms with E-state index in [2.05, 4.69) is 5.32 Å². The first kappa shape index (κ1) is 22.7. The molecule has 2 unspecified atom stereocenters. The second-order valence-electron chi connectivity index (χ2n) is 7.25. The number of nitrogens with zero attached hydrogens (tertiary/aromatic N) is 2. The third-order valence-corrected chi connectivity index (χ3v) is 5.00. The number of nitrogens with one attached hydrogen (secondary N) is 1. The Bertz CT molecular complexity index is 419. The summed E-state index contributed by atoms with van der Waals surface area (Å²) in [5.41, 5.74) is -3.08. The van der Waals surface area contributed by atoms with E-state index in [1.807, 2.05) is 13.8 Å². The number of hydrogen-bond acceptors (Lipinski definition) is 7. The SMILES string of the molecule is CCC(CO)(CCC(C)(C)CNCC(CC)(CO)[N+](=O)[O-])[N+](=O)[O-]. The van der Waals surface area contributed by atoms with E-state index < -0.39 is 34.1 Å². The zero-order valence-corrected chi connectivity index (χ0v) is 15.1. The summed E-state index contributed by atoms with van der Waals surface area (Å²) in [5.74, 6) is 0. The third-order valence-electron chi connectivity index (χ3n) is 5.00. The minimum absolute atomic E-state index is 0.0323. The standard InChI is InChI=1S/C15H31N3O6/c1-5-14(11-19,17(21)22)8-7-13(3,4)9-16-10-15(6-2,12-20)18(23)24/h16,19-20H,5-12H2,1-4H3. The molecule has 0 saturated heterocycles. The van der Waals surface area contributed by atoms with Gasteiger partial charge in [0, 0.05) is 35.7 Å². The van der Waals surface area contributed by atoms with Crippen molar-refractivity contribution in [3.63, 3.8) is 0 Å². The molecule has 24 heavy (non-hydrogen) atoms. The Morgan fingerprint density at radius 1 is 0.875 bits per heavy atom. The maximum Gasteiger partial charge on any atom is 0.256 e. The largest absolute Gasteiger partial charge is 0.389 e. The molecule has 3 N–H and O–H groups in total. The lowest BCUT2D eigenvalue weighted by Crippen LogP contribution is -2.51. The molecule has 0 aliphatic rings. The Morgan fingerprint density at radius 3 is 1.67 bits per heavy atom. The van der Waals surface area contributed by atoms with Crippen molar-refractivity contribution < 1.29 is 20.1 Å². The van der Waals surface area contributed by atoms with Crippen molar-refractivity contribution in [1.29, 1.82) is 0 Å². The number of hydrogen-bond donors (Lipinski definition) is 3. The molecule has 0 fully saturated rings. The highest BCUT2D eigenvalue weighted by Gasteiger charge is 2.42. The molecule has 2 atom stereocenters. The van der Waals surface area contributed by atoms with Crippen LogP contribution in [-0.2, 0) is 0 Å². The Morgan fingerprint density at radius 2 is 1.33 bits per heavy atom. The molecule has 0 amide bonds. The minimum Gasteiger partial charge on any atom is -0.389 e. The Hall–Kier alpha value is -1.32. The van der Waals surface area contributed by atoms with Gasteiger partial charge < -0.3 is 15.5 Å². The monoisotopic (exact) mass is 349 g/mol. The summed E-state index contributed by atoms with van der Waals surface area (Å²) in [7, 11) is 0. The molecule has 0 aliphatic heterocycles. The molecule has 142 valence electrons. The summed E-state index contributed by atoms with van der Waals surface area (Å²) in [6.07, 6.45) is 1.17. The van der Waals surface area contributed by atoms with Gasteiger partial charge in [-0.15, -0.1) is 0 Å². The lowest BCUT2D eigenvalue weighted by atomic mass is 9.81. The van der Waals surface area contributed by atoms with Crippen molar-refractivity contribution in [3.8, 4) is 0 Å². The predicted molar refractivity (Wildman–Crippen MR) is 90.1 cm³/mol. The highest BCUT2D eigenvalue weighted by molar-refractivity contribution is 4.84. The predicted octanol–water partition coefficient (Wildman–Crippen LogP) is 1.22. The normalized spacial score (nSPS) is 17.1. The molecule has 0 aromatic rings. The van der Waals surface area contributed by atoms with E-state index in [1.54, 1.807) is 13.8 Å². The van der Waals surface area contributed by atoms with Gasteiger partial charge in [-0.3, -0.25) is 20.2 Å². The van der Waals surface area contributed by atoms with Crippen molar-refractivity contribution in [3.05, 3.63) is 20.2 Å². The van der Waals surface area contributed by atoms with Gasteiger partial charge in [-0.25, -0.2) is 0 Å². The summed E-state index contributed by atoms with van der Waals surface area (Å²) in [6.45, 7) is 6.56. The summed E-state index contributed by atoms with van der Waals surface area (Å²) >= 11 is 0. The first-order valence-electron chi connectivity index (χ1n) is 8.26. The van der Waals surface area contributed by atoms with Gasteiger partial charge in [0.2, 0.25) is 5.54 Å². The van der Waals surface area contributed by atoms with Crippen molar-refractivity contribution in [2.45, 2.75) is 64.5 Å². The minimum atomic E-state index is -1.41. The molecular weight excluding hydrogens is 318 g/mol. The van der Waals surface area contributed by atoms with Gasteiger partial charge in [0.1, 0.15) is 13.2 Å². The van der Waals surface area contributed by atoms with E-state index in [9.17, 15) is 30.4 Å². The van der Waals surface area contributed by atoms with Crippen molar-refractivity contribution >= 4 is 0 Å². The molecule has 0 rings (SSSR count). The molecule has 0 aliphatic carbocycles. The van der Waals surface area contributed by atoms with Gasteiger partial charge >= 0.3 is 0 Å². The van der Waals surface area contributed by atoms with E-state index in [0.29, 0.717) is 13.0 Å². The lowest BCUT2D eigenvalue weighted by Gasteiger charge is -2.30. The van der Waals surface area contributed by atoms with E-state index in [-0.39, 0.29) is 31.2 Å².